The van der Waals surface area contributed by atoms with Gasteiger partial charge in [-0.05, 0) is 62.9 Å². The molecule has 1 heterocycles. The van der Waals surface area contributed by atoms with Gasteiger partial charge in [-0.15, -0.1) is 0 Å². The maximum Gasteiger partial charge on any atom is 0.411 e. The highest BCUT2D eigenvalue weighted by atomic mass is 16.5. The first-order chi connectivity index (χ1) is 17.0. The third-order valence-electron chi connectivity index (χ3n) is 5.98. The Morgan fingerprint density at radius 1 is 1.06 bits per heavy atom. The van der Waals surface area contributed by atoms with Crippen LogP contribution in [0.1, 0.15) is 37.4 Å². The molecule has 0 aliphatic heterocycles. The van der Waals surface area contributed by atoms with Crippen molar-refractivity contribution in [3.63, 3.8) is 0 Å². The minimum atomic E-state index is -0.564. The van der Waals surface area contributed by atoms with E-state index in [0.717, 1.165) is 24.0 Å². The number of amides is 1. The van der Waals surface area contributed by atoms with Crippen molar-refractivity contribution < 1.29 is 28.3 Å². The molecule has 1 aliphatic rings. The second-order valence-corrected chi connectivity index (χ2v) is 8.49. The van der Waals surface area contributed by atoms with Crippen LogP contribution in [0.4, 0.5) is 10.5 Å². The zero-order valence-electron chi connectivity index (χ0n) is 20.0. The molecule has 0 bridgehead atoms. The number of anilines is 1. The highest BCUT2D eigenvalue weighted by Gasteiger charge is 2.32. The summed E-state index contributed by atoms with van der Waals surface area (Å²) in [5, 5.41) is 6.75. The van der Waals surface area contributed by atoms with E-state index in [9.17, 15) is 9.59 Å². The fourth-order valence-corrected chi connectivity index (χ4v) is 4.16. The number of hydrogen-bond acceptors (Lipinski definition) is 7. The van der Waals surface area contributed by atoms with E-state index in [2.05, 4.69) is 10.5 Å². The molecule has 1 aliphatic carbocycles. The van der Waals surface area contributed by atoms with Crippen LogP contribution in [-0.4, -0.2) is 36.5 Å². The molecule has 1 fully saturated rings. The first-order valence-corrected chi connectivity index (χ1v) is 11.9. The lowest BCUT2D eigenvalue weighted by Gasteiger charge is -2.14. The van der Waals surface area contributed by atoms with Crippen LogP contribution in [0.5, 0.6) is 5.75 Å². The number of rotatable bonds is 9. The van der Waals surface area contributed by atoms with Crippen molar-refractivity contribution in [2.24, 2.45) is 5.92 Å². The summed E-state index contributed by atoms with van der Waals surface area (Å²) in [7, 11) is 0. The summed E-state index contributed by atoms with van der Waals surface area (Å²) in [6.45, 7) is 4.23. The van der Waals surface area contributed by atoms with E-state index < -0.39 is 6.09 Å². The lowest BCUT2D eigenvalue weighted by Crippen LogP contribution is -2.18. The van der Waals surface area contributed by atoms with Crippen molar-refractivity contribution in [2.45, 2.75) is 45.6 Å². The topological polar surface area (TPSA) is 99.9 Å². The Kier molecular flexibility index (Phi) is 8.03. The quantitative estimate of drug-likeness (QED) is 0.402. The van der Waals surface area contributed by atoms with Crippen LogP contribution in [-0.2, 0) is 20.7 Å². The molecular formula is C27H30N2O6. The minimum absolute atomic E-state index is 0.0225. The molecule has 4 rings (SSSR count). The second kappa shape index (κ2) is 11.6. The molecule has 0 saturated heterocycles. The third-order valence-corrected chi connectivity index (χ3v) is 5.98. The predicted molar refractivity (Wildman–Crippen MR) is 130 cm³/mol. The van der Waals surface area contributed by atoms with E-state index in [4.69, 9.17) is 18.7 Å². The Hall–Kier alpha value is -3.81. The summed E-state index contributed by atoms with van der Waals surface area (Å²) in [6.07, 6.45) is 2.29. The number of aromatic nitrogens is 1. The SMILES string of the molecule is CCOC(=O)[C@@H]1CC[C@@H](Oc2ccc(-c3onc(C)c3NC(=O)OCCc3ccccc3)cc2)C1. The maximum absolute atomic E-state index is 12.3. The minimum Gasteiger partial charge on any atom is -0.490 e. The van der Waals surface area contributed by atoms with Gasteiger partial charge in [0.2, 0.25) is 0 Å². The zero-order valence-corrected chi connectivity index (χ0v) is 20.0. The molecule has 0 radical (unpaired) electrons. The number of nitrogens with zero attached hydrogens (tertiary/aromatic N) is 1. The molecule has 184 valence electrons. The van der Waals surface area contributed by atoms with Crippen molar-refractivity contribution in [1.82, 2.24) is 5.16 Å². The van der Waals surface area contributed by atoms with Gasteiger partial charge < -0.3 is 18.7 Å². The van der Waals surface area contributed by atoms with Crippen molar-refractivity contribution in [1.29, 1.82) is 0 Å². The van der Waals surface area contributed by atoms with Crippen LogP contribution < -0.4 is 10.1 Å². The van der Waals surface area contributed by atoms with Gasteiger partial charge in [0.25, 0.3) is 0 Å². The molecule has 8 nitrogen and oxygen atoms in total. The number of benzene rings is 2. The Bertz CT molecular complexity index is 1130. The highest BCUT2D eigenvalue weighted by Crippen LogP contribution is 2.34. The number of carbonyl (C=O) groups is 2. The number of ether oxygens (including phenoxy) is 3. The third kappa shape index (κ3) is 6.41. The van der Waals surface area contributed by atoms with E-state index in [0.29, 0.717) is 42.3 Å². The second-order valence-electron chi connectivity index (χ2n) is 8.49. The summed E-state index contributed by atoms with van der Waals surface area (Å²) < 4.78 is 22.0. The standard InChI is InChI=1S/C27H30N2O6/c1-3-32-26(30)21-11-14-23(17-21)34-22-12-9-20(10-13-22)25-24(18(2)29-35-25)28-27(31)33-16-15-19-7-5-4-6-8-19/h4-10,12-13,21,23H,3,11,14-17H2,1-2H3,(H,28,31)/t21-,23-/m1/s1. The van der Waals surface area contributed by atoms with E-state index in [-0.39, 0.29) is 24.6 Å². The van der Waals surface area contributed by atoms with E-state index >= 15 is 0 Å². The Balaban J connectivity index is 1.32. The number of carbonyl (C=O) groups excluding carboxylic acids is 2. The summed E-state index contributed by atoms with van der Waals surface area (Å²) in [6, 6.07) is 17.2. The Morgan fingerprint density at radius 3 is 2.57 bits per heavy atom. The van der Waals surface area contributed by atoms with Gasteiger partial charge in [-0.1, -0.05) is 35.5 Å². The zero-order chi connectivity index (χ0) is 24.6. The molecule has 8 heteroatoms. The molecule has 1 N–H and O–H groups in total. The summed E-state index contributed by atoms with van der Waals surface area (Å²) in [5.74, 6) is 0.900. The average Bonchev–Trinajstić information content (AvgIpc) is 3.47. The van der Waals surface area contributed by atoms with E-state index in [1.54, 1.807) is 6.92 Å². The van der Waals surface area contributed by atoms with Crippen molar-refractivity contribution >= 4 is 17.7 Å². The normalized spacial score (nSPS) is 17.1. The first kappa shape index (κ1) is 24.3. The van der Waals surface area contributed by atoms with Crippen LogP contribution in [0.3, 0.4) is 0 Å². The fraction of sp³-hybridized carbons (Fsp3) is 0.370. The summed E-state index contributed by atoms with van der Waals surface area (Å²) >= 11 is 0. The van der Waals surface area contributed by atoms with Crippen LogP contribution in [0.15, 0.2) is 59.1 Å². The molecule has 1 saturated carbocycles. The Labute approximate surface area is 204 Å². The first-order valence-electron chi connectivity index (χ1n) is 11.9. The number of nitrogens with one attached hydrogen (secondary N) is 1. The molecule has 2 atom stereocenters. The number of esters is 1. The molecule has 0 unspecified atom stereocenters. The van der Waals surface area contributed by atoms with Gasteiger partial charge in [0.1, 0.15) is 17.1 Å². The maximum atomic E-state index is 12.3. The van der Waals surface area contributed by atoms with Crippen molar-refractivity contribution in [3.8, 4) is 17.1 Å². The van der Waals surface area contributed by atoms with Gasteiger partial charge in [0.05, 0.1) is 25.2 Å². The van der Waals surface area contributed by atoms with Gasteiger partial charge >= 0.3 is 12.1 Å². The fourth-order valence-electron chi connectivity index (χ4n) is 4.16. The van der Waals surface area contributed by atoms with E-state index in [1.165, 1.54) is 0 Å². The van der Waals surface area contributed by atoms with Gasteiger partial charge in [0, 0.05) is 12.0 Å². The predicted octanol–water partition coefficient (Wildman–Crippen LogP) is 5.55. The van der Waals surface area contributed by atoms with Crippen LogP contribution in [0, 0.1) is 12.8 Å². The molecule has 1 aromatic heterocycles. The molecule has 0 spiro atoms. The van der Waals surface area contributed by atoms with Gasteiger partial charge in [0.15, 0.2) is 5.76 Å². The molecule has 35 heavy (non-hydrogen) atoms. The highest BCUT2D eigenvalue weighted by molar-refractivity contribution is 5.90. The molecule has 2 aromatic carbocycles. The number of hydrogen-bond donors (Lipinski definition) is 1. The average molecular weight is 479 g/mol. The van der Waals surface area contributed by atoms with Crippen molar-refractivity contribution in [3.05, 3.63) is 65.9 Å². The molecule has 3 aromatic rings. The lowest BCUT2D eigenvalue weighted by atomic mass is 10.1. The summed E-state index contributed by atoms with van der Waals surface area (Å²) in [4.78, 5) is 24.3. The molecule has 1 amide bonds. The summed E-state index contributed by atoms with van der Waals surface area (Å²) in [5.41, 5.74) is 2.86. The van der Waals surface area contributed by atoms with Gasteiger partial charge in [-0.2, -0.15) is 0 Å². The van der Waals surface area contributed by atoms with Gasteiger partial charge in [-0.25, -0.2) is 4.79 Å². The van der Waals surface area contributed by atoms with Crippen LogP contribution in [0.25, 0.3) is 11.3 Å². The lowest BCUT2D eigenvalue weighted by molar-refractivity contribution is -0.147. The number of aryl methyl sites for hydroxylation is 1. The van der Waals surface area contributed by atoms with Crippen molar-refractivity contribution in [2.75, 3.05) is 18.5 Å². The largest absolute Gasteiger partial charge is 0.490 e. The smallest absolute Gasteiger partial charge is 0.411 e. The van der Waals surface area contributed by atoms with Crippen LogP contribution in [0.2, 0.25) is 0 Å². The monoisotopic (exact) mass is 478 g/mol. The van der Waals surface area contributed by atoms with Gasteiger partial charge in [-0.3, -0.25) is 10.1 Å². The van der Waals surface area contributed by atoms with Crippen LogP contribution >= 0.6 is 0 Å². The molecular weight excluding hydrogens is 448 g/mol. The Morgan fingerprint density at radius 2 is 1.83 bits per heavy atom. The van der Waals surface area contributed by atoms with E-state index in [1.807, 2.05) is 61.5 Å².